The number of hydrogen-bond acceptors (Lipinski definition) is 4. The van der Waals surface area contributed by atoms with Gasteiger partial charge in [-0.25, -0.2) is 18.2 Å². The Morgan fingerprint density at radius 3 is 2.62 bits per heavy atom. The highest BCUT2D eigenvalue weighted by atomic mass is 32.2. The van der Waals surface area contributed by atoms with Crippen LogP contribution in [0.15, 0.2) is 41.6 Å². The Morgan fingerprint density at radius 2 is 2.06 bits per heavy atom. The molecule has 0 aliphatic heterocycles. The Balaban J connectivity index is 2.63. The number of anilines is 1. The van der Waals surface area contributed by atoms with E-state index in [1.807, 2.05) is 0 Å². The third-order valence-electron chi connectivity index (χ3n) is 2.08. The van der Waals surface area contributed by atoms with Crippen molar-refractivity contribution < 1.29 is 8.42 Å². The van der Waals surface area contributed by atoms with E-state index in [0.29, 0.717) is 11.4 Å². The van der Waals surface area contributed by atoms with Gasteiger partial charge in [0.15, 0.2) is 0 Å². The van der Waals surface area contributed by atoms with Gasteiger partial charge < -0.3 is 5.73 Å². The van der Waals surface area contributed by atoms with Crippen molar-refractivity contribution in [2.75, 3.05) is 5.73 Å². The van der Waals surface area contributed by atoms with E-state index in [0.717, 1.165) is 0 Å². The highest BCUT2D eigenvalue weighted by molar-refractivity contribution is 7.89. The van der Waals surface area contributed by atoms with Crippen LogP contribution in [-0.2, 0) is 10.0 Å². The van der Waals surface area contributed by atoms with Gasteiger partial charge in [-0.1, -0.05) is 0 Å². The van der Waals surface area contributed by atoms with Gasteiger partial charge in [-0.15, -0.1) is 0 Å². The van der Waals surface area contributed by atoms with Gasteiger partial charge in [0.1, 0.15) is 0 Å². The molecular weight excluding hydrogens is 228 g/mol. The number of nitrogens with zero attached hydrogens (tertiary/aromatic N) is 2. The minimum Gasteiger partial charge on any atom is -0.397 e. The molecule has 0 atom stereocenters. The molecule has 0 fully saturated rings. The van der Waals surface area contributed by atoms with Crippen molar-refractivity contribution in [2.24, 2.45) is 5.14 Å². The number of nitrogens with two attached hydrogens (primary N) is 2. The molecule has 0 saturated carbocycles. The summed E-state index contributed by atoms with van der Waals surface area (Å²) in [6.45, 7) is 0. The van der Waals surface area contributed by atoms with Crippen LogP contribution in [0.2, 0.25) is 0 Å². The van der Waals surface area contributed by atoms with Crippen LogP contribution in [0, 0.1) is 0 Å². The summed E-state index contributed by atoms with van der Waals surface area (Å²) in [5.41, 5.74) is 6.64. The maximum Gasteiger partial charge on any atom is 0.238 e. The van der Waals surface area contributed by atoms with Crippen LogP contribution in [0.5, 0.6) is 0 Å². The van der Waals surface area contributed by atoms with Crippen LogP contribution in [0.4, 0.5) is 5.69 Å². The van der Waals surface area contributed by atoms with Crippen molar-refractivity contribution in [1.29, 1.82) is 0 Å². The Kier molecular flexibility index (Phi) is 2.41. The van der Waals surface area contributed by atoms with Gasteiger partial charge in [0.2, 0.25) is 10.0 Å². The van der Waals surface area contributed by atoms with Gasteiger partial charge in [0.25, 0.3) is 0 Å². The molecule has 16 heavy (non-hydrogen) atoms. The summed E-state index contributed by atoms with van der Waals surface area (Å²) >= 11 is 0. The summed E-state index contributed by atoms with van der Waals surface area (Å²) in [5, 5.41) is 9.00. The van der Waals surface area contributed by atoms with E-state index in [4.69, 9.17) is 10.9 Å². The molecule has 0 spiro atoms. The molecule has 1 aromatic heterocycles. The molecule has 0 aliphatic rings. The molecule has 0 unspecified atom stereocenters. The first-order valence-corrected chi connectivity index (χ1v) is 5.95. The molecule has 0 amide bonds. The van der Waals surface area contributed by atoms with Crippen molar-refractivity contribution >= 4 is 15.7 Å². The van der Waals surface area contributed by atoms with E-state index in [1.165, 1.54) is 22.9 Å². The van der Waals surface area contributed by atoms with Gasteiger partial charge in [-0.3, -0.25) is 0 Å². The maximum absolute atomic E-state index is 11.2. The number of sulfonamides is 1. The van der Waals surface area contributed by atoms with E-state index in [2.05, 4.69) is 5.10 Å². The smallest absolute Gasteiger partial charge is 0.238 e. The maximum atomic E-state index is 11.2. The van der Waals surface area contributed by atoms with Crippen LogP contribution < -0.4 is 10.9 Å². The van der Waals surface area contributed by atoms with Crippen LogP contribution >= 0.6 is 0 Å². The molecule has 2 rings (SSSR count). The molecule has 84 valence electrons. The molecule has 1 heterocycles. The predicted molar refractivity (Wildman–Crippen MR) is 59.3 cm³/mol. The molecule has 7 heteroatoms. The summed E-state index contributed by atoms with van der Waals surface area (Å²) in [6, 6.07) is 5.94. The van der Waals surface area contributed by atoms with Gasteiger partial charge in [0, 0.05) is 12.4 Å². The topological polar surface area (TPSA) is 104 Å². The molecule has 0 bridgehead atoms. The molecule has 0 radical (unpaired) electrons. The first kappa shape index (κ1) is 10.7. The van der Waals surface area contributed by atoms with Crippen molar-refractivity contribution in [1.82, 2.24) is 9.78 Å². The number of primary sulfonamides is 1. The Hall–Kier alpha value is -1.86. The minimum atomic E-state index is -3.73. The second-order valence-electron chi connectivity index (χ2n) is 3.22. The fourth-order valence-corrected chi connectivity index (χ4v) is 1.84. The summed E-state index contributed by atoms with van der Waals surface area (Å²) in [7, 11) is -3.73. The SMILES string of the molecule is Nc1ccc(S(N)(=O)=O)cc1-n1cccn1. The minimum absolute atomic E-state index is 0.00667. The Labute approximate surface area is 92.5 Å². The van der Waals surface area contributed by atoms with Crippen LogP contribution in [0.3, 0.4) is 0 Å². The number of hydrogen-bond donors (Lipinski definition) is 2. The van der Waals surface area contributed by atoms with E-state index in [-0.39, 0.29) is 4.90 Å². The average molecular weight is 238 g/mol. The zero-order valence-corrected chi connectivity index (χ0v) is 9.05. The molecular formula is C9H10N4O2S. The lowest BCUT2D eigenvalue weighted by Crippen LogP contribution is -2.13. The normalized spacial score (nSPS) is 11.6. The fourth-order valence-electron chi connectivity index (χ4n) is 1.31. The predicted octanol–water partition coefficient (Wildman–Crippen LogP) is 0.102. The van der Waals surface area contributed by atoms with Gasteiger partial charge >= 0.3 is 0 Å². The number of nitrogen functional groups attached to an aromatic ring is 1. The number of rotatable bonds is 2. The molecule has 0 aliphatic carbocycles. The van der Waals surface area contributed by atoms with Crippen molar-refractivity contribution in [3.8, 4) is 5.69 Å². The second kappa shape index (κ2) is 3.62. The standard InChI is InChI=1S/C9H10N4O2S/c10-8-3-2-7(16(11,14)15)6-9(8)13-5-1-4-12-13/h1-6H,10H2,(H2,11,14,15). The first-order chi connectivity index (χ1) is 7.48. The quantitative estimate of drug-likeness (QED) is 0.724. The fraction of sp³-hybridized carbons (Fsp3) is 0. The highest BCUT2D eigenvalue weighted by Crippen LogP contribution is 2.20. The third kappa shape index (κ3) is 1.90. The monoisotopic (exact) mass is 238 g/mol. The van der Waals surface area contributed by atoms with E-state index >= 15 is 0 Å². The molecule has 1 aromatic carbocycles. The van der Waals surface area contributed by atoms with E-state index in [1.54, 1.807) is 18.5 Å². The van der Waals surface area contributed by atoms with E-state index in [9.17, 15) is 8.42 Å². The largest absolute Gasteiger partial charge is 0.397 e. The van der Waals surface area contributed by atoms with Gasteiger partial charge in [0.05, 0.1) is 16.3 Å². The first-order valence-electron chi connectivity index (χ1n) is 4.41. The van der Waals surface area contributed by atoms with Crippen molar-refractivity contribution in [3.63, 3.8) is 0 Å². The zero-order chi connectivity index (χ0) is 11.8. The van der Waals surface area contributed by atoms with Crippen LogP contribution in [0.1, 0.15) is 0 Å². The highest BCUT2D eigenvalue weighted by Gasteiger charge is 2.11. The summed E-state index contributed by atoms with van der Waals surface area (Å²) in [4.78, 5) is 0.00667. The lowest BCUT2D eigenvalue weighted by Gasteiger charge is -2.07. The van der Waals surface area contributed by atoms with Gasteiger partial charge in [-0.2, -0.15) is 5.10 Å². The van der Waals surface area contributed by atoms with Crippen molar-refractivity contribution in [2.45, 2.75) is 4.90 Å². The third-order valence-corrected chi connectivity index (χ3v) is 2.99. The van der Waals surface area contributed by atoms with Crippen LogP contribution in [0.25, 0.3) is 5.69 Å². The average Bonchev–Trinajstić information content (AvgIpc) is 2.69. The Morgan fingerprint density at radius 1 is 1.31 bits per heavy atom. The Bertz CT molecular complexity index is 604. The zero-order valence-electron chi connectivity index (χ0n) is 8.24. The van der Waals surface area contributed by atoms with Crippen LogP contribution in [-0.4, -0.2) is 18.2 Å². The number of aromatic nitrogens is 2. The van der Waals surface area contributed by atoms with Crippen molar-refractivity contribution in [3.05, 3.63) is 36.7 Å². The number of benzene rings is 1. The molecule has 4 N–H and O–H groups in total. The van der Waals surface area contributed by atoms with E-state index < -0.39 is 10.0 Å². The lowest BCUT2D eigenvalue weighted by atomic mass is 10.3. The molecule has 2 aromatic rings. The summed E-state index contributed by atoms with van der Waals surface area (Å²) in [6.07, 6.45) is 3.24. The summed E-state index contributed by atoms with van der Waals surface area (Å²) in [5.74, 6) is 0. The van der Waals surface area contributed by atoms with Gasteiger partial charge in [-0.05, 0) is 24.3 Å². The molecule has 0 saturated heterocycles. The second-order valence-corrected chi connectivity index (χ2v) is 4.78. The summed E-state index contributed by atoms with van der Waals surface area (Å²) < 4.78 is 23.8. The lowest BCUT2D eigenvalue weighted by molar-refractivity contribution is 0.597. The molecule has 6 nitrogen and oxygen atoms in total.